The van der Waals surface area contributed by atoms with Crippen LogP contribution in [-0.2, 0) is 6.18 Å². The largest absolute Gasteiger partial charge is 0.416 e. The molecule has 0 radical (unpaired) electrons. The van der Waals surface area contributed by atoms with Crippen molar-refractivity contribution >= 4 is 79.0 Å². The smallest absolute Gasteiger partial charge is 0.311 e. The van der Waals surface area contributed by atoms with E-state index < -0.39 is 28.9 Å². The molecule has 1 aromatic heterocycles. The maximum absolute atomic E-state index is 15.6. The van der Waals surface area contributed by atoms with Crippen LogP contribution in [0.4, 0.5) is 56.1 Å². The second-order valence-electron chi connectivity index (χ2n) is 16.2. The normalized spacial score (nSPS) is 13.0. The number of benzene rings is 9. The molecule has 0 aliphatic carbocycles. The number of aromatic nitrogens is 1. The zero-order valence-corrected chi connectivity index (χ0v) is 33.9. The van der Waals surface area contributed by atoms with Crippen molar-refractivity contribution in [3.8, 4) is 27.9 Å². The van der Waals surface area contributed by atoms with Gasteiger partial charge in [0.25, 0.3) is 6.71 Å². The van der Waals surface area contributed by atoms with Crippen molar-refractivity contribution in [2.75, 3.05) is 9.80 Å². The lowest BCUT2D eigenvalue weighted by atomic mass is 9.33. The number of hydrogen-bond donors (Lipinski definition) is 0. The number of fused-ring (bicyclic) bond motifs is 7. The number of para-hydroxylation sites is 5. The average molecular weight is 842 g/mol. The van der Waals surface area contributed by atoms with Crippen LogP contribution in [0.3, 0.4) is 0 Å². The predicted molar refractivity (Wildman–Crippen MR) is 251 cm³/mol. The molecular weight excluding hydrogens is 808 g/mol. The van der Waals surface area contributed by atoms with E-state index in [1.807, 2.05) is 48.5 Å². The van der Waals surface area contributed by atoms with Gasteiger partial charge >= 0.3 is 6.18 Å². The van der Waals surface area contributed by atoms with Crippen molar-refractivity contribution in [2.24, 2.45) is 0 Å². The highest BCUT2D eigenvalue weighted by Gasteiger charge is 2.43. The molecule has 2 aliphatic rings. The topological polar surface area (TPSA) is 11.4 Å². The molecule has 0 amide bonds. The molecule has 0 atom stereocenters. The van der Waals surface area contributed by atoms with Gasteiger partial charge in [-0.1, -0.05) is 103 Å². The molecule has 0 fully saturated rings. The Morgan fingerprint density at radius 2 is 0.953 bits per heavy atom. The fraction of sp³-hybridized carbons (Fsp3) is 0.0182. The Balaban J connectivity index is 1.13. The molecule has 0 spiro atoms. The highest BCUT2D eigenvalue weighted by atomic mass is 19.4. The molecule has 64 heavy (non-hydrogen) atoms. The average Bonchev–Trinajstić information content (AvgIpc) is 3.65. The summed E-state index contributed by atoms with van der Waals surface area (Å²) in [6.45, 7) is -0.0518. The maximum Gasteiger partial charge on any atom is 0.416 e. The van der Waals surface area contributed by atoms with Crippen molar-refractivity contribution in [3.05, 3.63) is 217 Å². The van der Waals surface area contributed by atoms with Crippen molar-refractivity contribution in [1.82, 2.24) is 4.57 Å². The van der Waals surface area contributed by atoms with E-state index in [4.69, 9.17) is 0 Å². The standard InChI is InChI=1S/C55H33BF5N3/c57-44-21-13-22-45(58)53(44)41-33-36(55(59,60)61)27-29-48(41)64-46-23-10-7-18-39(46)40-30-34(26-28-47(40)64)35-31-51-54-52(32-35)63(38-16-5-2-6-17-38)50-25-12-9-20-43(50)56(54)42-19-8-11-24-49(42)62(51)37-14-3-1-4-15-37/h1-33H. The van der Waals surface area contributed by atoms with Gasteiger partial charge in [0.2, 0.25) is 0 Å². The van der Waals surface area contributed by atoms with Crippen molar-refractivity contribution in [1.29, 1.82) is 0 Å². The third kappa shape index (κ3) is 5.73. The molecule has 0 bridgehead atoms. The van der Waals surface area contributed by atoms with E-state index in [0.717, 1.165) is 80.3 Å². The number of alkyl halides is 3. The molecule has 306 valence electrons. The maximum atomic E-state index is 15.6. The highest BCUT2D eigenvalue weighted by molar-refractivity contribution is 7.00. The van der Waals surface area contributed by atoms with Crippen LogP contribution in [0.1, 0.15) is 5.56 Å². The van der Waals surface area contributed by atoms with Gasteiger partial charge in [0.1, 0.15) is 11.6 Å². The second-order valence-corrected chi connectivity index (χ2v) is 16.2. The molecule has 9 aromatic carbocycles. The van der Waals surface area contributed by atoms with Crippen LogP contribution in [0.15, 0.2) is 200 Å². The lowest BCUT2D eigenvalue weighted by Gasteiger charge is -2.44. The lowest BCUT2D eigenvalue weighted by molar-refractivity contribution is -0.137. The summed E-state index contributed by atoms with van der Waals surface area (Å²) in [7, 11) is 0. The molecule has 0 saturated carbocycles. The molecule has 0 unspecified atom stereocenters. The molecular formula is C55H33BF5N3. The summed E-state index contributed by atoms with van der Waals surface area (Å²) in [6.07, 6.45) is -4.74. The van der Waals surface area contributed by atoms with Crippen LogP contribution in [0.5, 0.6) is 0 Å². The first-order valence-electron chi connectivity index (χ1n) is 21.0. The zero-order chi connectivity index (χ0) is 43.3. The van der Waals surface area contributed by atoms with Gasteiger partial charge in [0, 0.05) is 50.5 Å². The Labute approximate surface area is 365 Å². The lowest BCUT2D eigenvalue weighted by Crippen LogP contribution is -2.61. The number of rotatable bonds is 5. The fourth-order valence-corrected chi connectivity index (χ4v) is 10.0. The van der Waals surface area contributed by atoms with Crippen LogP contribution in [-0.4, -0.2) is 11.3 Å². The first-order valence-corrected chi connectivity index (χ1v) is 21.0. The molecule has 2 aliphatic heterocycles. The summed E-state index contributed by atoms with van der Waals surface area (Å²) < 4.78 is 75.7. The monoisotopic (exact) mass is 841 g/mol. The van der Waals surface area contributed by atoms with E-state index in [-0.39, 0.29) is 18.0 Å². The van der Waals surface area contributed by atoms with Gasteiger partial charge in [-0.05, 0) is 125 Å². The van der Waals surface area contributed by atoms with Crippen molar-refractivity contribution in [2.45, 2.75) is 6.18 Å². The van der Waals surface area contributed by atoms with Crippen molar-refractivity contribution in [3.63, 3.8) is 0 Å². The third-order valence-corrected chi connectivity index (χ3v) is 12.7. The Hall–Kier alpha value is -7.91. The molecule has 9 heteroatoms. The summed E-state index contributed by atoms with van der Waals surface area (Å²) in [5.41, 5.74) is 11.6. The molecule has 10 aromatic rings. The molecule has 3 nitrogen and oxygen atoms in total. The Bertz CT molecular complexity index is 3360. The molecule has 0 N–H and O–H groups in total. The molecule has 12 rings (SSSR count). The number of hydrogen-bond acceptors (Lipinski definition) is 2. The predicted octanol–water partition coefficient (Wildman–Crippen LogP) is 13.5. The highest BCUT2D eigenvalue weighted by Crippen LogP contribution is 2.47. The Morgan fingerprint density at radius 1 is 0.406 bits per heavy atom. The first kappa shape index (κ1) is 37.8. The third-order valence-electron chi connectivity index (χ3n) is 12.7. The van der Waals surface area contributed by atoms with Gasteiger partial charge in [-0.25, -0.2) is 8.78 Å². The second kappa shape index (κ2) is 14.3. The van der Waals surface area contributed by atoms with Gasteiger partial charge in [0.05, 0.1) is 27.8 Å². The van der Waals surface area contributed by atoms with E-state index in [2.05, 4.69) is 125 Å². The van der Waals surface area contributed by atoms with Crippen LogP contribution >= 0.6 is 0 Å². The quantitative estimate of drug-likeness (QED) is 0.126. The molecule has 0 saturated heterocycles. The van der Waals surface area contributed by atoms with Crippen LogP contribution in [0, 0.1) is 11.6 Å². The van der Waals surface area contributed by atoms with Gasteiger partial charge in [-0.15, -0.1) is 0 Å². The number of nitrogens with zero attached hydrogens (tertiary/aromatic N) is 3. The van der Waals surface area contributed by atoms with Crippen LogP contribution in [0.25, 0.3) is 49.7 Å². The van der Waals surface area contributed by atoms with Gasteiger partial charge in [0.15, 0.2) is 0 Å². The van der Waals surface area contributed by atoms with E-state index in [0.29, 0.717) is 11.0 Å². The number of halogens is 5. The summed E-state index contributed by atoms with van der Waals surface area (Å²) in [6, 6.07) is 62.7. The summed E-state index contributed by atoms with van der Waals surface area (Å²) in [5, 5.41) is 1.66. The Kier molecular flexibility index (Phi) is 8.46. The van der Waals surface area contributed by atoms with Gasteiger partial charge in [-0.2, -0.15) is 13.2 Å². The zero-order valence-electron chi connectivity index (χ0n) is 33.9. The van der Waals surface area contributed by atoms with E-state index in [1.165, 1.54) is 28.5 Å². The van der Waals surface area contributed by atoms with Crippen LogP contribution < -0.4 is 26.2 Å². The fourth-order valence-electron chi connectivity index (χ4n) is 10.0. The van der Waals surface area contributed by atoms with E-state index >= 15 is 8.78 Å². The van der Waals surface area contributed by atoms with E-state index in [1.54, 1.807) is 4.57 Å². The summed E-state index contributed by atoms with van der Waals surface area (Å²) >= 11 is 0. The molecule has 3 heterocycles. The summed E-state index contributed by atoms with van der Waals surface area (Å²) in [4.78, 5) is 4.70. The minimum atomic E-state index is -4.74. The minimum absolute atomic E-state index is 0.0518. The van der Waals surface area contributed by atoms with Gasteiger partial charge < -0.3 is 14.4 Å². The first-order chi connectivity index (χ1) is 31.2. The SMILES string of the molecule is Fc1cccc(F)c1-c1cc(C(F)(F)F)ccc1-n1c2ccccc2c2cc(-c3cc4c5c(c3)N(c3ccccc3)c3ccccc3B5c3ccccc3N4c3ccccc3)ccc21. The Morgan fingerprint density at radius 3 is 1.56 bits per heavy atom. The van der Waals surface area contributed by atoms with Crippen LogP contribution in [0.2, 0.25) is 0 Å². The minimum Gasteiger partial charge on any atom is -0.311 e. The number of anilines is 6. The summed E-state index contributed by atoms with van der Waals surface area (Å²) in [5.74, 6) is -1.91. The van der Waals surface area contributed by atoms with Gasteiger partial charge in [-0.3, -0.25) is 0 Å². The van der Waals surface area contributed by atoms with Crippen molar-refractivity contribution < 1.29 is 22.0 Å². The van der Waals surface area contributed by atoms with E-state index in [9.17, 15) is 13.2 Å².